The summed E-state index contributed by atoms with van der Waals surface area (Å²) in [4.78, 5) is 15.4. The van der Waals surface area contributed by atoms with Gasteiger partial charge in [-0.2, -0.15) is 0 Å². The number of furan rings is 1. The third-order valence-electron chi connectivity index (χ3n) is 6.15. The Morgan fingerprint density at radius 1 is 1.22 bits per heavy atom. The molecular weight excluding hydrogens is 364 g/mol. The van der Waals surface area contributed by atoms with E-state index >= 15 is 0 Å². The summed E-state index contributed by atoms with van der Waals surface area (Å²) in [5.41, 5.74) is 1.58. The van der Waals surface area contributed by atoms with Crippen LogP contribution in [0.2, 0.25) is 5.02 Å². The minimum atomic E-state index is -0.141. The highest BCUT2D eigenvalue weighted by Crippen LogP contribution is 2.34. The van der Waals surface area contributed by atoms with E-state index in [1.54, 1.807) is 6.07 Å². The molecular formula is C21H27ClN2O3. The standard InChI is InChI=1S/C21H27ClN2O3/c1-15-17-13-16(22)5-6-18(17)27-19(15)20(25)23-14-21(7-3-2-4-8-21)24-9-11-26-12-10-24/h5-6,13H,2-4,7-12,14H2,1H3,(H,23,25). The van der Waals surface area contributed by atoms with E-state index < -0.39 is 0 Å². The molecule has 0 spiro atoms. The SMILES string of the molecule is Cc1c(C(=O)NCC2(N3CCOCC3)CCCCC2)oc2ccc(Cl)cc12. The molecule has 6 heteroatoms. The van der Waals surface area contributed by atoms with Gasteiger partial charge in [0.15, 0.2) is 5.76 Å². The lowest BCUT2D eigenvalue weighted by molar-refractivity contribution is -0.0362. The predicted molar refractivity (Wildman–Crippen MR) is 107 cm³/mol. The number of fused-ring (bicyclic) bond motifs is 1. The van der Waals surface area contributed by atoms with Gasteiger partial charge in [-0.3, -0.25) is 9.69 Å². The van der Waals surface area contributed by atoms with Crippen molar-refractivity contribution in [2.75, 3.05) is 32.8 Å². The summed E-state index contributed by atoms with van der Waals surface area (Å²) >= 11 is 6.09. The van der Waals surface area contributed by atoms with Crippen molar-refractivity contribution in [3.8, 4) is 0 Å². The van der Waals surface area contributed by atoms with Crippen molar-refractivity contribution in [1.29, 1.82) is 0 Å². The number of carbonyl (C=O) groups is 1. The van der Waals surface area contributed by atoms with Crippen LogP contribution < -0.4 is 5.32 Å². The molecule has 2 fully saturated rings. The van der Waals surface area contributed by atoms with Gasteiger partial charge in [0.1, 0.15) is 5.58 Å². The fourth-order valence-electron chi connectivity index (χ4n) is 4.59. The molecule has 1 aliphatic heterocycles. The minimum absolute atomic E-state index is 0.0426. The van der Waals surface area contributed by atoms with Gasteiger partial charge in [0.05, 0.1) is 13.2 Å². The van der Waals surface area contributed by atoms with Gasteiger partial charge < -0.3 is 14.5 Å². The Kier molecular flexibility index (Phi) is 5.44. The van der Waals surface area contributed by atoms with Crippen LogP contribution in [0.4, 0.5) is 0 Å². The van der Waals surface area contributed by atoms with Crippen molar-refractivity contribution in [3.63, 3.8) is 0 Å². The van der Waals surface area contributed by atoms with Crippen LogP contribution in [-0.2, 0) is 4.74 Å². The van der Waals surface area contributed by atoms with Crippen LogP contribution in [0.25, 0.3) is 11.0 Å². The van der Waals surface area contributed by atoms with E-state index in [0.717, 1.165) is 50.1 Å². The van der Waals surface area contributed by atoms with E-state index in [1.807, 2.05) is 19.1 Å². The second kappa shape index (κ2) is 7.82. The van der Waals surface area contributed by atoms with Crippen molar-refractivity contribution in [3.05, 3.63) is 34.5 Å². The van der Waals surface area contributed by atoms with Crippen molar-refractivity contribution < 1.29 is 13.9 Å². The third kappa shape index (κ3) is 3.73. The Morgan fingerprint density at radius 2 is 1.96 bits per heavy atom. The number of hydrogen-bond donors (Lipinski definition) is 1. The van der Waals surface area contributed by atoms with Gasteiger partial charge in [0.2, 0.25) is 0 Å². The molecule has 146 valence electrons. The highest BCUT2D eigenvalue weighted by Gasteiger charge is 2.39. The number of hydrogen-bond acceptors (Lipinski definition) is 4. The Labute approximate surface area is 165 Å². The maximum Gasteiger partial charge on any atom is 0.287 e. The number of rotatable bonds is 4. The van der Waals surface area contributed by atoms with Gasteiger partial charge in [0.25, 0.3) is 5.91 Å². The Balaban J connectivity index is 1.52. The number of nitrogens with zero attached hydrogens (tertiary/aromatic N) is 1. The smallest absolute Gasteiger partial charge is 0.287 e. The van der Waals surface area contributed by atoms with E-state index in [9.17, 15) is 4.79 Å². The zero-order chi connectivity index (χ0) is 18.9. The van der Waals surface area contributed by atoms with Crippen LogP contribution in [0.5, 0.6) is 0 Å². The summed E-state index contributed by atoms with van der Waals surface area (Å²) in [6.45, 7) is 6.01. The molecule has 0 atom stereocenters. The van der Waals surface area contributed by atoms with Gasteiger partial charge >= 0.3 is 0 Å². The van der Waals surface area contributed by atoms with E-state index in [-0.39, 0.29) is 11.4 Å². The Hall–Kier alpha value is -1.56. The summed E-state index contributed by atoms with van der Waals surface area (Å²) in [6.07, 6.45) is 5.97. The highest BCUT2D eigenvalue weighted by molar-refractivity contribution is 6.31. The summed E-state index contributed by atoms with van der Waals surface area (Å²) < 4.78 is 11.4. The summed E-state index contributed by atoms with van der Waals surface area (Å²) in [5.74, 6) is 0.248. The molecule has 5 nitrogen and oxygen atoms in total. The summed E-state index contributed by atoms with van der Waals surface area (Å²) in [5, 5.41) is 4.72. The van der Waals surface area contributed by atoms with Gasteiger partial charge in [-0.1, -0.05) is 30.9 Å². The summed E-state index contributed by atoms with van der Waals surface area (Å²) in [7, 11) is 0. The fraction of sp³-hybridized carbons (Fsp3) is 0.571. The molecule has 1 amide bonds. The molecule has 27 heavy (non-hydrogen) atoms. The fourth-order valence-corrected chi connectivity index (χ4v) is 4.76. The first kappa shape index (κ1) is 18.8. The first-order chi connectivity index (χ1) is 13.1. The first-order valence-electron chi connectivity index (χ1n) is 9.89. The molecule has 1 N–H and O–H groups in total. The maximum absolute atomic E-state index is 12.9. The number of carbonyl (C=O) groups excluding carboxylic acids is 1. The Morgan fingerprint density at radius 3 is 2.70 bits per heavy atom. The van der Waals surface area contributed by atoms with E-state index in [0.29, 0.717) is 22.9 Å². The zero-order valence-corrected chi connectivity index (χ0v) is 16.6. The van der Waals surface area contributed by atoms with Crippen LogP contribution in [-0.4, -0.2) is 49.2 Å². The number of halogens is 1. The lowest BCUT2D eigenvalue weighted by Crippen LogP contribution is -2.59. The number of aryl methyl sites for hydroxylation is 1. The number of benzene rings is 1. The maximum atomic E-state index is 12.9. The minimum Gasteiger partial charge on any atom is -0.451 e. The monoisotopic (exact) mass is 390 g/mol. The molecule has 2 aliphatic rings. The molecule has 0 radical (unpaired) electrons. The molecule has 0 bridgehead atoms. The quantitative estimate of drug-likeness (QED) is 0.851. The van der Waals surface area contributed by atoms with E-state index in [2.05, 4.69) is 10.2 Å². The van der Waals surface area contributed by atoms with E-state index in [4.69, 9.17) is 20.8 Å². The van der Waals surface area contributed by atoms with Crippen LogP contribution in [0.3, 0.4) is 0 Å². The highest BCUT2D eigenvalue weighted by atomic mass is 35.5. The average molecular weight is 391 g/mol. The number of morpholine rings is 1. The van der Waals surface area contributed by atoms with Crippen molar-refractivity contribution in [1.82, 2.24) is 10.2 Å². The first-order valence-corrected chi connectivity index (χ1v) is 10.3. The van der Waals surface area contributed by atoms with Crippen molar-refractivity contribution in [2.45, 2.75) is 44.6 Å². The second-order valence-electron chi connectivity index (χ2n) is 7.76. The Bertz CT molecular complexity index is 820. The molecule has 2 aromatic rings. The lowest BCUT2D eigenvalue weighted by atomic mass is 9.79. The molecule has 1 saturated carbocycles. The number of nitrogens with one attached hydrogen (secondary N) is 1. The van der Waals surface area contributed by atoms with Crippen LogP contribution >= 0.6 is 11.6 Å². The lowest BCUT2D eigenvalue weighted by Gasteiger charge is -2.48. The molecule has 1 aromatic heterocycles. The normalized spacial score (nSPS) is 20.7. The van der Waals surface area contributed by atoms with Crippen LogP contribution in [0.15, 0.2) is 22.6 Å². The van der Waals surface area contributed by atoms with Crippen LogP contribution in [0, 0.1) is 6.92 Å². The molecule has 1 aliphatic carbocycles. The summed E-state index contributed by atoms with van der Waals surface area (Å²) in [6, 6.07) is 5.45. The zero-order valence-electron chi connectivity index (χ0n) is 15.9. The molecule has 4 rings (SSSR count). The van der Waals surface area contributed by atoms with Gasteiger partial charge in [-0.15, -0.1) is 0 Å². The largest absolute Gasteiger partial charge is 0.451 e. The molecule has 0 unspecified atom stereocenters. The molecule has 1 saturated heterocycles. The van der Waals surface area contributed by atoms with Gasteiger partial charge in [-0.25, -0.2) is 0 Å². The van der Waals surface area contributed by atoms with Gasteiger partial charge in [0, 0.05) is 41.1 Å². The average Bonchev–Trinajstić information content (AvgIpc) is 3.04. The predicted octanol–water partition coefficient (Wildman–Crippen LogP) is 4.16. The van der Waals surface area contributed by atoms with Crippen molar-refractivity contribution >= 4 is 28.5 Å². The number of amides is 1. The third-order valence-corrected chi connectivity index (χ3v) is 6.38. The number of ether oxygens (including phenoxy) is 1. The molecule has 2 heterocycles. The molecule has 1 aromatic carbocycles. The van der Waals surface area contributed by atoms with Crippen LogP contribution in [0.1, 0.15) is 48.2 Å². The van der Waals surface area contributed by atoms with E-state index in [1.165, 1.54) is 19.3 Å². The van der Waals surface area contributed by atoms with Gasteiger partial charge in [-0.05, 0) is 38.0 Å². The second-order valence-corrected chi connectivity index (χ2v) is 8.20. The van der Waals surface area contributed by atoms with Crippen molar-refractivity contribution in [2.24, 2.45) is 0 Å². The topological polar surface area (TPSA) is 54.7 Å².